The van der Waals surface area contributed by atoms with Crippen molar-refractivity contribution in [2.45, 2.75) is 12.1 Å². The number of hydrogen-bond acceptors (Lipinski definition) is 6. The molecule has 6 nitrogen and oxygen atoms in total. The van der Waals surface area contributed by atoms with Crippen molar-refractivity contribution in [1.29, 1.82) is 10.5 Å². The van der Waals surface area contributed by atoms with E-state index in [1.165, 1.54) is 0 Å². The fraction of sp³-hybridized carbons (Fsp3) is 0.316. The Morgan fingerprint density at radius 1 is 1.12 bits per heavy atom. The molecule has 0 radical (unpaired) electrons. The molecule has 4 rings (SSSR count). The Kier molecular flexibility index (Phi) is 3.97. The molecule has 1 aromatic carbocycles. The van der Waals surface area contributed by atoms with Crippen LogP contribution in [0.3, 0.4) is 0 Å². The van der Waals surface area contributed by atoms with E-state index in [0.29, 0.717) is 25.3 Å². The Bertz CT molecular complexity index is 851. The first-order valence-corrected chi connectivity index (χ1v) is 8.28. The molecular formula is C19H17N5O. The third-order valence-electron chi connectivity index (χ3n) is 4.81. The number of fused-ring (bicyclic) bond motifs is 1. The number of anilines is 1. The van der Waals surface area contributed by atoms with Crippen LogP contribution in [0, 0.1) is 22.8 Å². The van der Waals surface area contributed by atoms with Crippen LogP contribution in [0.15, 0.2) is 42.6 Å². The molecule has 0 unspecified atom stereocenters. The lowest BCUT2D eigenvalue weighted by molar-refractivity contribution is 0.0323. The predicted octanol–water partition coefficient (Wildman–Crippen LogP) is 1.99. The quantitative estimate of drug-likeness (QED) is 0.783. The largest absolute Gasteiger partial charge is 0.372 e. The summed E-state index contributed by atoms with van der Waals surface area (Å²) in [5.74, 6) is 0.901. The Morgan fingerprint density at radius 3 is 2.80 bits per heavy atom. The predicted molar refractivity (Wildman–Crippen MR) is 92.4 cm³/mol. The molecule has 2 atom stereocenters. The first-order valence-electron chi connectivity index (χ1n) is 8.28. The molecule has 3 heterocycles. The van der Waals surface area contributed by atoms with E-state index in [0.717, 1.165) is 23.5 Å². The van der Waals surface area contributed by atoms with Crippen molar-refractivity contribution in [3.05, 3.63) is 48.2 Å². The summed E-state index contributed by atoms with van der Waals surface area (Å²) < 4.78 is 5.81. The SMILES string of the molecule is N#Cc1cccc(-c2ccc(N3CCO[C@H]4CN(C#N)C[C@H]43)nc2)c1. The summed E-state index contributed by atoms with van der Waals surface area (Å²) in [6.07, 6.45) is 4.11. The number of aromatic nitrogens is 1. The van der Waals surface area contributed by atoms with E-state index >= 15 is 0 Å². The second-order valence-corrected chi connectivity index (χ2v) is 6.27. The third-order valence-corrected chi connectivity index (χ3v) is 4.81. The van der Waals surface area contributed by atoms with Gasteiger partial charge >= 0.3 is 0 Å². The summed E-state index contributed by atoms with van der Waals surface area (Å²) in [6.45, 7) is 2.75. The third kappa shape index (κ3) is 2.88. The van der Waals surface area contributed by atoms with Crippen LogP contribution in [0.2, 0.25) is 0 Å². The molecule has 0 N–H and O–H groups in total. The zero-order valence-electron chi connectivity index (χ0n) is 13.7. The van der Waals surface area contributed by atoms with Crippen LogP contribution in [-0.2, 0) is 4.74 Å². The first-order chi connectivity index (χ1) is 12.3. The molecule has 0 aliphatic carbocycles. The zero-order chi connectivity index (χ0) is 17.2. The number of nitriles is 2. The molecule has 2 fully saturated rings. The van der Waals surface area contributed by atoms with Crippen molar-refractivity contribution in [2.24, 2.45) is 0 Å². The number of pyridine rings is 1. The Balaban J connectivity index is 1.58. The monoisotopic (exact) mass is 331 g/mol. The highest BCUT2D eigenvalue weighted by molar-refractivity contribution is 5.65. The van der Waals surface area contributed by atoms with Crippen LogP contribution < -0.4 is 4.90 Å². The van der Waals surface area contributed by atoms with Gasteiger partial charge in [-0.3, -0.25) is 0 Å². The van der Waals surface area contributed by atoms with Gasteiger partial charge in [0.25, 0.3) is 0 Å². The molecule has 2 aliphatic heterocycles. The van der Waals surface area contributed by atoms with Gasteiger partial charge in [-0.05, 0) is 29.8 Å². The van der Waals surface area contributed by atoms with E-state index in [2.05, 4.69) is 22.1 Å². The Labute approximate surface area is 146 Å². The topological polar surface area (TPSA) is 76.2 Å². The molecule has 2 aliphatic rings. The van der Waals surface area contributed by atoms with Gasteiger partial charge in [-0.2, -0.15) is 10.5 Å². The van der Waals surface area contributed by atoms with E-state index < -0.39 is 0 Å². The van der Waals surface area contributed by atoms with Crippen LogP contribution in [0.5, 0.6) is 0 Å². The Hall–Kier alpha value is -3.09. The average molecular weight is 331 g/mol. The number of likely N-dealkylation sites (tertiary alicyclic amines) is 1. The van der Waals surface area contributed by atoms with Gasteiger partial charge in [0.05, 0.1) is 43.5 Å². The van der Waals surface area contributed by atoms with Crippen LogP contribution in [0.1, 0.15) is 5.56 Å². The van der Waals surface area contributed by atoms with Gasteiger partial charge in [-0.15, -0.1) is 0 Å². The zero-order valence-corrected chi connectivity index (χ0v) is 13.7. The smallest absolute Gasteiger partial charge is 0.179 e. The minimum Gasteiger partial charge on any atom is -0.372 e. The van der Waals surface area contributed by atoms with Crippen molar-refractivity contribution >= 4 is 5.82 Å². The Morgan fingerprint density at radius 2 is 2.04 bits per heavy atom. The lowest BCUT2D eigenvalue weighted by Gasteiger charge is -2.37. The number of rotatable bonds is 2. The van der Waals surface area contributed by atoms with E-state index in [1.54, 1.807) is 11.0 Å². The van der Waals surface area contributed by atoms with Gasteiger partial charge in [0.2, 0.25) is 0 Å². The number of benzene rings is 1. The fourth-order valence-corrected chi connectivity index (χ4v) is 3.55. The summed E-state index contributed by atoms with van der Waals surface area (Å²) in [5.41, 5.74) is 2.60. The van der Waals surface area contributed by atoms with Gasteiger partial charge in [0, 0.05) is 18.3 Å². The molecule has 2 saturated heterocycles. The van der Waals surface area contributed by atoms with E-state index in [1.807, 2.05) is 36.5 Å². The fourth-order valence-electron chi connectivity index (χ4n) is 3.55. The minimum absolute atomic E-state index is 0.0576. The van der Waals surface area contributed by atoms with Crippen LogP contribution >= 0.6 is 0 Å². The van der Waals surface area contributed by atoms with Gasteiger partial charge in [-0.1, -0.05) is 12.1 Å². The van der Waals surface area contributed by atoms with Crippen molar-refractivity contribution in [3.8, 4) is 23.4 Å². The molecule has 0 bridgehead atoms. The highest BCUT2D eigenvalue weighted by atomic mass is 16.5. The maximum atomic E-state index is 9.14. The van der Waals surface area contributed by atoms with Crippen LogP contribution in [-0.4, -0.2) is 48.3 Å². The number of nitrogens with zero attached hydrogens (tertiary/aromatic N) is 5. The van der Waals surface area contributed by atoms with Crippen LogP contribution in [0.4, 0.5) is 5.82 Å². The van der Waals surface area contributed by atoms with Crippen molar-refractivity contribution in [3.63, 3.8) is 0 Å². The van der Waals surface area contributed by atoms with Gasteiger partial charge in [0.1, 0.15) is 5.82 Å². The molecular weight excluding hydrogens is 314 g/mol. The standard InChI is InChI=1S/C19H17N5O/c20-9-14-2-1-3-15(8-14)16-4-5-19(22-10-16)24-6-7-25-18-12-23(13-21)11-17(18)24/h1-5,8,10,17-18H,6-7,11-12H2/t17-,18+/m1/s1. The lowest BCUT2D eigenvalue weighted by Crippen LogP contribution is -2.51. The summed E-state index contributed by atoms with van der Waals surface area (Å²) in [5, 5.41) is 18.2. The molecule has 6 heteroatoms. The van der Waals surface area contributed by atoms with Gasteiger partial charge < -0.3 is 14.5 Å². The van der Waals surface area contributed by atoms with Crippen LogP contribution in [0.25, 0.3) is 11.1 Å². The molecule has 124 valence electrons. The lowest BCUT2D eigenvalue weighted by atomic mass is 10.1. The number of morpholine rings is 1. The first kappa shape index (κ1) is 15.4. The van der Waals surface area contributed by atoms with Crippen molar-refractivity contribution in [2.75, 3.05) is 31.1 Å². The average Bonchev–Trinajstić information content (AvgIpc) is 3.11. The normalized spacial score (nSPS) is 22.2. The summed E-state index contributed by atoms with van der Waals surface area (Å²) in [7, 11) is 0. The van der Waals surface area contributed by atoms with E-state index in [9.17, 15) is 0 Å². The molecule has 0 saturated carbocycles. The van der Waals surface area contributed by atoms with E-state index in [4.69, 9.17) is 15.3 Å². The molecule has 0 amide bonds. The number of hydrogen-bond donors (Lipinski definition) is 0. The minimum atomic E-state index is 0.0576. The molecule has 1 aromatic heterocycles. The molecule has 0 spiro atoms. The second-order valence-electron chi connectivity index (χ2n) is 6.27. The maximum Gasteiger partial charge on any atom is 0.179 e. The summed E-state index contributed by atoms with van der Waals surface area (Å²) in [6, 6.07) is 13.9. The maximum absolute atomic E-state index is 9.14. The highest BCUT2D eigenvalue weighted by Crippen LogP contribution is 2.28. The van der Waals surface area contributed by atoms with E-state index in [-0.39, 0.29) is 12.1 Å². The van der Waals surface area contributed by atoms with Crippen molar-refractivity contribution in [1.82, 2.24) is 9.88 Å². The molecule has 25 heavy (non-hydrogen) atoms. The van der Waals surface area contributed by atoms with Gasteiger partial charge in [-0.25, -0.2) is 4.98 Å². The van der Waals surface area contributed by atoms with Crippen molar-refractivity contribution < 1.29 is 4.74 Å². The van der Waals surface area contributed by atoms with Gasteiger partial charge in [0.15, 0.2) is 6.19 Å². The summed E-state index contributed by atoms with van der Waals surface area (Å²) >= 11 is 0. The number of ether oxygens (including phenoxy) is 1. The molecule has 2 aromatic rings. The highest BCUT2D eigenvalue weighted by Gasteiger charge is 2.40. The summed E-state index contributed by atoms with van der Waals surface area (Å²) in [4.78, 5) is 8.61. The second kappa shape index (κ2) is 6.43.